The standard InChI is InChI=1S/C21H21Cl2N3O/c1-24-14-15(17-4-2-3-5-20(17)24)12-21(27)26-10-8-25(9-11-26)16-6-7-18(22)19(23)13-16/h2-7,13-14H,8-12H2,1H3. The molecule has 4 nitrogen and oxygen atoms in total. The minimum atomic E-state index is 0.181. The second-order valence-electron chi connectivity index (χ2n) is 6.93. The highest BCUT2D eigenvalue weighted by Gasteiger charge is 2.22. The molecule has 27 heavy (non-hydrogen) atoms. The SMILES string of the molecule is Cn1cc(CC(=O)N2CCN(c3ccc(Cl)c(Cl)c3)CC2)c2ccccc21. The van der Waals surface area contributed by atoms with Crippen LogP contribution in [0.5, 0.6) is 0 Å². The van der Waals surface area contributed by atoms with Gasteiger partial charge in [-0.1, -0.05) is 41.4 Å². The molecule has 1 aliphatic heterocycles. The van der Waals surface area contributed by atoms with Gasteiger partial charge in [-0.25, -0.2) is 0 Å². The minimum absolute atomic E-state index is 0.181. The van der Waals surface area contributed by atoms with E-state index >= 15 is 0 Å². The molecule has 4 rings (SSSR count). The Balaban J connectivity index is 1.42. The van der Waals surface area contributed by atoms with Gasteiger partial charge in [0.15, 0.2) is 0 Å². The lowest BCUT2D eigenvalue weighted by atomic mass is 10.1. The molecule has 0 bridgehead atoms. The zero-order valence-corrected chi connectivity index (χ0v) is 16.7. The molecular weight excluding hydrogens is 381 g/mol. The summed E-state index contributed by atoms with van der Waals surface area (Å²) in [5.41, 5.74) is 3.29. The lowest BCUT2D eigenvalue weighted by molar-refractivity contribution is -0.130. The van der Waals surface area contributed by atoms with Gasteiger partial charge in [-0.2, -0.15) is 0 Å². The Kier molecular flexibility index (Phi) is 5.02. The first kappa shape index (κ1) is 18.2. The molecule has 1 saturated heterocycles. The summed E-state index contributed by atoms with van der Waals surface area (Å²) in [5, 5.41) is 2.27. The van der Waals surface area contributed by atoms with Crippen LogP contribution in [0.15, 0.2) is 48.7 Å². The molecule has 0 unspecified atom stereocenters. The van der Waals surface area contributed by atoms with Gasteiger partial charge < -0.3 is 14.4 Å². The number of carbonyl (C=O) groups excluding carboxylic acids is 1. The van der Waals surface area contributed by atoms with E-state index in [2.05, 4.69) is 27.8 Å². The number of benzene rings is 2. The van der Waals surface area contributed by atoms with Crippen LogP contribution in [0.4, 0.5) is 5.69 Å². The molecule has 2 heterocycles. The zero-order chi connectivity index (χ0) is 19.0. The summed E-state index contributed by atoms with van der Waals surface area (Å²) >= 11 is 12.1. The van der Waals surface area contributed by atoms with Crippen LogP contribution in [-0.2, 0) is 18.3 Å². The lowest BCUT2D eigenvalue weighted by Crippen LogP contribution is -2.49. The van der Waals surface area contributed by atoms with Crippen LogP contribution in [0.25, 0.3) is 10.9 Å². The van der Waals surface area contributed by atoms with Crippen LogP contribution in [-0.4, -0.2) is 41.6 Å². The van der Waals surface area contributed by atoms with E-state index in [1.807, 2.05) is 42.3 Å². The zero-order valence-electron chi connectivity index (χ0n) is 15.2. The highest BCUT2D eigenvalue weighted by molar-refractivity contribution is 6.42. The van der Waals surface area contributed by atoms with Crippen molar-refractivity contribution in [2.75, 3.05) is 31.1 Å². The molecule has 6 heteroatoms. The monoisotopic (exact) mass is 401 g/mol. The second-order valence-corrected chi connectivity index (χ2v) is 7.74. The lowest BCUT2D eigenvalue weighted by Gasteiger charge is -2.36. The highest BCUT2D eigenvalue weighted by Crippen LogP contribution is 2.28. The van der Waals surface area contributed by atoms with Crippen molar-refractivity contribution in [1.82, 2.24) is 9.47 Å². The summed E-state index contributed by atoms with van der Waals surface area (Å²) in [5.74, 6) is 0.181. The van der Waals surface area contributed by atoms with E-state index in [-0.39, 0.29) is 5.91 Å². The van der Waals surface area contributed by atoms with Gasteiger partial charge >= 0.3 is 0 Å². The topological polar surface area (TPSA) is 28.5 Å². The van der Waals surface area contributed by atoms with Gasteiger partial charge in [-0.15, -0.1) is 0 Å². The summed E-state index contributed by atoms with van der Waals surface area (Å²) < 4.78 is 2.08. The van der Waals surface area contributed by atoms with Crippen molar-refractivity contribution in [3.8, 4) is 0 Å². The van der Waals surface area contributed by atoms with Crippen molar-refractivity contribution >= 4 is 45.7 Å². The quantitative estimate of drug-likeness (QED) is 0.651. The highest BCUT2D eigenvalue weighted by atomic mass is 35.5. The molecule has 140 valence electrons. The van der Waals surface area contributed by atoms with Crippen LogP contribution < -0.4 is 4.90 Å². The number of rotatable bonds is 3. The van der Waals surface area contributed by atoms with Crippen LogP contribution >= 0.6 is 23.2 Å². The Bertz CT molecular complexity index is 990. The molecule has 1 amide bonds. The normalized spacial score (nSPS) is 14.8. The van der Waals surface area contributed by atoms with Gasteiger partial charge in [0.2, 0.25) is 5.91 Å². The number of carbonyl (C=O) groups is 1. The Morgan fingerprint density at radius 3 is 2.48 bits per heavy atom. The van der Waals surface area contributed by atoms with Crippen LogP contribution in [0.2, 0.25) is 10.0 Å². The van der Waals surface area contributed by atoms with Crippen molar-refractivity contribution in [1.29, 1.82) is 0 Å². The number of hydrogen-bond donors (Lipinski definition) is 0. The first-order valence-electron chi connectivity index (χ1n) is 9.03. The Labute approximate surface area is 168 Å². The molecule has 1 aliphatic rings. The van der Waals surface area contributed by atoms with Gasteiger partial charge in [0, 0.05) is 56.0 Å². The largest absolute Gasteiger partial charge is 0.368 e. The van der Waals surface area contributed by atoms with Gasteiger partial charge in [-0.05, 0) is 29.8 Å². The number of hydrogen-bond acceptors (Lipinski definition) is 2. The number of para-hydroxylation sites is 1. The molecule has 2 aromatic carbocycles. The molecule has 1 fully saturated rings. The Morgan fingerprint density at radius 2 is 1.74 bits per heavy atom. The molecular formula is C21H21Cl2N3O. The van der Waals surface area contributed by atoms with E-state index in [1.54, 1.807) is 0 Å². The van der Waals surface area contributed by atoms with Crippen LogP contribution in [0.3, 0.4) is 0 Å². The van der Waals surface area contributed by atoms with E-state index in [1.165, 1.54) is 0 Å². The first-order chi connectivity index (χ1) is 13.0. The minimum Gasteiger partial charge on any atom is -0.368 e. The van der Waals surface area contributed by atoms with Crippen LogP contribution in [0, 0.1) is 0 Å². The van der Waals surface area contributed by atoms with Crippen molar-refractivity contribution in [2.24, 2.45) is 7.05 Å². The predicted molar refractivity (Wildman–Crippen MR) is 112 cm³/mol. The molecule has 0 N–H and O–H groups in total. The summed E-state index contributed by atoms with van der Waals surface area (Å²) in [7, 11) is 2.02. The number of nitrogens with zero attached hydrogens (tertiary/aromatic N) is 3. The molecule has 0 spiro atoms. The maximum atomic E-state index is 12.8. The number of anilines is 1. The molecule has 0 saturated carbocycles. The maximum absolute atomic E-state index is 12.8. The average Bonchev–Trinajstić information content (AvgIpc) is 3.00. The number of aromatic nitrogens is 1. The summed E-state index contributed by atoms with van der Waals surface area (Å²) in [4.78, 5) is 17.0. The number of halogens is 2. The Hall–Kier alpha value is -2.17. The third-order valence-corrected chi connectivity index (χ3v) is 5.96. The van der Waals surface area contributed by atoms with Gasteiger partial charge in [-0.3, -0.25) is 4.79 Å². The average molecular weight is 402 g/mol. The van der Waals surface area contributed by atoms with E-state index in [0.29, 0.717) is 29.6 Å². The number of amides is 1. The molecule has 3 aromatic rings. The summed E-state index contributed by atoms with van der Waals surface area (Å²) in [6.45, 7) is 3.01. The predicted octanol–water partition coefficient (Wildman–Crippen LogP) is 4.38. The van der Waals surface area contributed by atoms with Crippen molar-refractivity contribution in [3.63, 3.8) is 0 Å². The second kappa shape index (κ2) is 7.45. The van der Waals surface area contributed by atoms with E-state index < -0.39 is 0 Å². The van der Waals surface area contributed by atoms with E-state index in [0.717, 1.165) is 35.2 Å². The Morgan fingerprint density at radius 1 is 1.00 bits per heavy atom. The maximum Gasteiger partial charge on any atom is 0.227 e. The molecule has 0 atom stereocenters. The summed E-state index contributed by atoms with van der Waals surface area (Å²) in [6.07, 6.45) is 2.50. The van der Waals surface area contributed by atoms with Gasteiger partial charge in [0.25, 0.3) is 0 Å². The third-order valence-electron chi connectivity index (χ3n) is 5.22. The van der Waals surface area contributed by atoms with Gasteiger partial charge in [0.1, 0.15) is 0 Å². The fourth-order valence-electron chi connectivity index (χ4n) is 3.74. The smallest absolute Gasteiger partial charge is 0.227 e. The number of aryl methyl sites for hydroxylation is 1. The van der Waals surface area contributed by atoms with Crippen molar-refractivity contribution in [3.05, 3.63) is 64.3 Å². The van der Waals surface area contributed by atoms with Crippen molar-refractivity contribution < 1.29 is 4.79 Å². The first-order valence-corrected chi connectivity index (χ1v) is 9.79. The van der Waals surface area contributed by atoms with Gasteiger partial charge in [0.05, 0.1) is 16.5 Å². The molecule has 0 radical (unpaired) electrons. The number of fused-ring (bicyclic) bond motifs is 1. The van der Waals surface area contributed by atoms with Crippen molar-refractivity contribution in [2.45, 2.75) is 6.42 Å². The fourth-order valence-corrected chi connectivity index (χ4v) is 4.03. The molecule has 0 aliphatic carbocycles. The summed E-state index contributed by atoms with van der Waals surface area (Å²) in [6, 6.07) is 13.9. The van der Waals surface area contributed by atoms with E-state index in [9.17, 15) is 4.79 Å². The van der Waals surface area contributed by atoms with Crippen LogP contribution in [0.1, 0.15) is 5.56 Å². The third kappa shape index (κ3) is 3.64. The fraction of sp³-hybridized carbons (Fsp3) is 0.286. The number of piperazine rings is 1. The molecule has 1 aromatic heterocycles. The van der Waals surface area contributed by atoms with E-state index in [4.69, 9.17) is 23.2 Å².